The van der Waals surface area contributed by atoms with E-state index >= 15 is 0 Å². The van der Waals surface area contributed by atoms with Crippen LogP contribution in [0.1, 0.15) is 39.1 Å². The van der Waals surface area contributed by atoms with Crippen LogP contribution in [0, 0.1) is 11.3 Å². The van der Waals surface area contributed by atoms with Gasteiger partial charge in [0.15, 0.2) is 0 Å². The lowest BCUT2D eigenvalue weighted by Gasteiger charge is -2.14. The van der Waals surface area contributed by atoms with Crippen molar-refractivity contribution >= 4 is 29.1 Å². The first kappa shape index (κ1) is 17.0. The van der Waals surface area contributed by atoms with Gasteiger partial charge in [0.2, 0.25) is 0 Å². The molecule has 5 nitrogen and oxygen atoms in total. The number of halogens is 1. The van der Waals surface area contributed by atoms with E-state index in [2.05, 4.69) is 11.4 Å². The van der Waals surface area contributed by atoms with Crippen LogP contribution in [0.5, 0.6) is 0 Å². The number of nitrogens with one attached hydrogen (secondary N) is 1. The molecule has 0 atom stereocenters. The second-order valence-electron chi connectivity index (χ2n) is 5.74. The molecule has 0 radical (unpaired) electrons. The zero-order valence-corrected chi connectivity index (χ0v) is 14.2. The Morgan fingerprint density at radius 1 is 1.04 bits per heavy atom. The Kier molecular flexibility index (Phi) is 5.01. The highest BCUT2D eigenvalue weighted by Crippen LogP contribution is 2.23. The lowest BCUT2D eigenvalue weighted by molar-refractivity contribution is 0.0652. The molecule has 0 aromatic heterocycles. The van der Waals surface area contributed by atoms with E-state index < -0.39 is 0 Å². The van der Waals surface area contributed by atoms with E-state index in [4.69, 9.17) is 16.9 Å². The molecule has 1 aliphatic rings. The topological polar surface area (TPSA) is 73.2 Å². The summed E-state index contributed by atoms with van der Waals surface area (Å²) in [4.78, 5) is 25.8. The number of carbonyl (C=O) groups excluding carboxylic acids is 2. The number of fused-ring (bicyclic) bond motifs is 1. The van der Waals surface area contributed by atoms with Crippen molar-refractivity contribution in [1.82, 2.24) is 4.90 Å². The molecule has 25 heavy (non-hydrogen) atoms. The summed E-state index contributed by atoms with van der Waals surface area (Å²) in [6, 6.07) is 14.0. The first-order valence-electron chi connectivity index (χ1n) is 8.00. The Bertz CT molecular complexity index is 838. The highest BCUT2D eigenvalue weighted by Gasteiger charge is 2.34. The Morgan fingerprint density at radius 2 is 1.72 bits per heavy atom. The summed E-state index contributed by atoms with van der Waals surface area (Å²) < 4.78 is 0. The van der Waals surface area contributed by atoms with Gasteiger partial charge in [0.05, 0.1) is 22.4 Å². The van der Waals surface area contributed by atoms with Crippen LogP contribution in [0.15, 0.2) is 42.5 Å². The summed E-state index contributed by atoms with van der Waals surface area (Å²) in [5.74, 6) is -0.453. The van der Waals surface area contributed by atoms with Crippen molar-refractivity contribution in [3.8, 4) is 6.07 Å². The van der Waals surface area contributed by atoms with Gasteiger partial charge in [-0.2, -0.15) is 5.26 Å². The van der Waals surface area contributed by atoms with Gasteiger partial charge in [-0.3, -0.25) is 14.5 Å². The number of benzene rings is 2. The maximum atomic E-state index is 12.3. The average Bonchev–Trinajstić information content (AvgIpc) is 2.87. The Morgan fingerprint density at radius 3 is 2.36 bits per heavy atom. The van der Waals surface area contributed by atoms with Gasteiger partial charge in [0, 0.05) is 18.1 Å². The van der Waals surface area contributed by atoms with Gasteiger partial charge in [0.25, 0.3) is 11.8 Å². The number of carbonyl (C=O) groups is 2. The van der Waals surface area contributed by atoms with E-state index in [-0.39, 0.29) is 11.8 Å². The third kappa shape index (κ3) is 3.49. The number of nitriles is 1. The summed E-state index contributed by atoms with van der Waals surface area (Å²) >= 11 is 5.95. The molecule has 1 heterocycles. The quantitative estimate of drug-likeness (QED) is 0.634. The van der Waals surface area contributed by atoms with Crippen molar-refractivity contribution in [2.75, 3.05) is 18.4 Å². The van der Waals surface area contributed by atoms with E-state index in [1.807, 2.05) is 0 Å². The fraction of sp³-hybridized carbons (Fsp3) is 0.211. The van der Waals surface area contributed by atoms with Gasteiger partial charge in [-0.05, 0) is 43.2 Å². The van der Waals surface area contributed by atoms with Crippen molar-refractivity contribution in [2.24, 2.45) is 0 Å². The Hall–Kier alpha value is -2.84. The minimum Gasteiger partial charge on any atom is -0.384 e. The molecule has 0 bridgehead atoms. The lowest BCUT2D eigenvalue weighted by Crippen LogP contribution is -2.30. The van der Waals surface area contributed by atoms with Crippen LogP contribution in [0.4, 0.5) is 5.69 Å². The van der Waals surface area contributed by atoms with E-state index in [0.717, 1.165) is 6.42 Å². The van der Waals surface area contributed by atoms with Gasteiger partial charge in [-0.15, -0.1) is 0 Å². The minimum atomic E-state index is -0.227. The molecule has 2 amide bonds. The molecule has 6 heteroatoms. The average molecular weight is 354 g/mol. The SMILES string of the molecule is N#Cc1ccc(Cl)cc1NCCCCN1C(=O)c2ccccc2C1=O. The highest BCUT2D eigenvalue weighted by atomic mass is 35.5. The fourth-order valence-corrected chi connectivity index (χ4v) is 2.99. The van der Waals surface area contributed by atoms with Gasteiger partial charge in [-0.1, -0.05) is 23.7 Å². The van der Waals surface area contributed by atoms with Crippen molar-refractivity contribution in [3.05, 3.63) is 64.2 Å². The Balaban J connectivity index is 1.50. The van der Waals surface area contributed by atoms with Gasteiger partial charge in [-0.25, -0.2) is 0 Å². The molecule has 126 valence electrons. The molecule has 2 aromatic rings. The number of amides is 2. The predicted molar refractivity (Wildman–Crippen MR) is 95.7 cm³/mol. The molecule has 3 rings (SSSR count). The molecule has 0 aliphatic carbocycles. The smallest absolute Gasteiger partial charge is 0.261 e. The van der Waals surface area contributed by atoms with Gasteiger partial charge >= 0.3 is 0 Å². The summed E-state index contributed by atoms with van der Waals surface area (Å²) in [6.07, 6.45) is 1.44. The summed E-state index contributed by atoms with van der Waals surface area (Å²) in [6.45, 7) is 1.01. The molecule has 0 unspecified atom stereocenters. The number of rotatable bonds is 6. The number of hydrogen-bond acceptors (Lipinski definition) is 4. The number of hydrogen-bond donors (Lipinski definition) is 1. The number of nitrogens with zero attached hydrogens (tertiary/aromatic N) is 2. The number of unbranched alkanes of at least 4 members (excludes halogenated alkanes) is 1. The monoisotopic (exact) mass is 353 g/mol. The highest BCUT2D eigenvalue weighted by molar-refractivity contribution is 6.30. The maximum Gasteiger partial charge on any atom is 0.261 e. The number of imide groups is 1. The van der Waals surface area contributed by atoms with Crippen LogP contribution >= 0.6 is 11.6 Å². The summed E-state index contributed by atoms with van der Waals surface area (Å²) in [5.41, 5.74) is 2.17. The van der Waals surface area contributed by atoms with E-state index in [1.165, 1.54) is 4.90 Å². The third-order valence-electron chi connectivity index (χ3n) is 4.10. The van der Waals surface area contributed by atoms with Crippen molar-refractivity contribution in [1.29, 1.82) is 5.26 Å². The normalized spacial score (nSPS) is 12.9. The summed E-state index contributed by atoms with van der Waals surface area (Å²) in [5, 5.41) is 12.8. The lowest BCUT2D eigenvalue weighted by atomic mass is 10.1. The standard InChI is InChI=1S/C19H16ClN3O2/c20-14-8-7-13(12-21)17(11-14)22-9-3-4-10-23-18(24)15-5-1-2-6-16(15)19(23)25/h1-2,5-8,11,22H,3-4,9-10H2. The van der Waals surface area contributed by atoms with E-state index in [9.17, 15) is 9.59 Å². The molecule has 1 N–H and O–H groups in total. The third-order valence-corrected chi connectivity index (χ3v) is 4.34. The van der Waals surface area contributed by atoms with Crippen molar-refractivity contribution < 1.29 is 9.59 Å². The second kappa shape index (κ2) is 7.37. The van der Waals surface area contributed by atoms with Crippen LogP contribution in [0.3, 0.4) is 0 Å². The second-order valence-corrected chi connectivity index (χ2v) is 6.18. The van der Waals surface area contributed by atoms with Crippen LogP contribution in [0.2, 0.25) is 5.02 Å². The van der Waals surface area contributed by atoms with E-state index in [0.29, 0.717) is 46.9 Å². The minimum absolute atomic E-state index is 0.227. The first-order chi connectivity index (χ1) is 12.1. The largest absolute Gasteiger partial charge is 0.384 e. The van der Waals surface area contributed by atoms with Crippen LogP contribution in [-0.4, -0.2) is 29.8 Å². The molecule has 0 spiro atoms. The predicted octanol–water partition coefficient (Wildman–Crippen LogP) is 3.70. The Labute approximate surface area is 150 Å². The first-order valence-corrected chi connectivity index (χ1v) is 8.38. The molecule has 0 fully saturated rings. The zero-order chi connectivity index (χ0) is 17.8. The van der Waals surface area contributed by atoms with Gasteiger partial charge in [0.1, 0.15) is 6.07 Å². The van der Waals surface area contributed by atoms with Crippen molar-refractivity contribution in [3.63, 3.8) is 0 Å². The molecule has 1 aliphatic heterocycles. The number of anilines is 1. The zero-order valence-electron chi connectivity index (χ0n) is 13.5. The van der Waals surface area contributed by atoms with Crippen LogP contribution < -0.4 is 5.32 Å². The molecular weight excluding hydrogens is 338 g/mol. The molecule has 0 saturated carbocycles. The van der Waals surface area contributed by atoms with E-state index in [1.54, 1.807) is 42.5 Å². The fourth-order valence-electron chi connectivity index (χ4n) is 2.82. The van der Waals surface area contributed by atoms with Crippen LogP contribution in [0.25, 0.3) is 0 Å². The molecule has 0 saturated heterocycles. The van der Waals surface area contributed by atoms with Gasteiger partial charge < -0.3 is 5.32 Å². The maximum absolute atomic E-state index is 12.3. The molecular formula is C19H16ClN3O2. The summed E-state index contributed by atoms with van der Waals surface area (Å²) in [7, 11) is 0. The van der Waals surface area contributed by atoms with Crippen LogP contribution in [-0.2, 0) is 0 Å². The molecule has 2 aromatic carbocycles. The van der Waals surface area contributed by atoms with Crippen molar-refractivity contribution in [2.45, 2.75) is 12.8 Å².